The second-order valence-electron chi connectivity index (χ2n) is 5.56. The van der Waals surface area contributed by atoms with Crippen molar-refractivity contribution in [3.8, 4) is 0 Å². The van der Waals surface area contributed by atoms with Crippen molar-refractivity contribution in [3.63, 3.8) is 0 Å². The minimum absolute atomic E-state index is 0.164. The molecule has 0 aromatic carbocycles. The lowest BCUT2D eigenvalue weighted by Gasteiger charge is -2.38. The third-order valence-corrected chi connectivity index (χ3v) is 5.35. The summed E-state index contributed by atoms with van der Waals surface area (Å²) in [6, 6.07) is 0. The summed E-state index contributed by atoms with van der Waals surface area (Å²) < 4.78 is 0. The molecule has 1 heterocycles. The van der Waals surface area contributed by atoms with E-state index in [-0.39, 0.29) is 11.4 Å². The number of hydrogen-bond acceptors (Lipinski definition) is 3. The minimum atomic E-state index is -0.164. The minimum Gasteiger partial charge on any atom is -0.343 e. The molecule has 1 amide bonds. The first-order chi connectivity index (χ1) is 8.13. The highest BCUT2D eigenvalue weighted by Gasteiger charge is 2.36. The third kappa shape index (κ3) is 3.38. The van der Waals surface area contributed by atoms with Gasteiger partial charge in [0, 0.05) is 30.3 Å². The fourth-order valence-corrected chi connectivity index (χ4v) is 3.52. The predicted octanol–water partition coefficient (Wildman–Crippen LogP) is 2.00. The molecule has 0 spiro atoms. The molecule has 1 atom stereocenters. The number of nitrogens with two attached hydrogens (primary N) is 1. The van der Waals surface area contributed by atoms with E-state index in [0.29, 0.717) is 6.42 Å². The van der Waals surface area contributed by atoms with Crippen LogP contribution in [-0.2, 0) is 4.79 Å². The first-order valence-corrected chi connectivity index (χ1v) is 8.01. The molecule has 2 N–H and O–H groups in total. The van der Waals surface area contributed by atoms with Gasteiger partial charge in [-0.1, -0.05) is 0 Å². The van der Waals surface area contributed by atoms with Crippen LogP contribution in [0.15, 0.2) is 0 Å². The second kappa shape index (κ2) is 5.61. The van der Waals surface area contributed by atoms with Crippen LogP contribution in [0.4, 0.5) is 0 Å². The van der Waals surface area contributed by atoms with E-state index in [1.165, 1.54) is 12.8 Å². The molecule has 3 nitrogen and oxygen atoms in total. The Hall–Kier alpha value is -0.220. The summed E-state index contributed by atoms with van der Waals surface area (Å²) in [6.07, 6.45) is 9.53. The van der Waals surface area contributed by atoms with Crippen molar-refractivity contribution >= 4 is 17.7 Å². The fourth-order valence-electron chi connectivity index (χ4n) is 2.77. The number of hydrogen-bond donors (Lipinski definition) is 1. The van der Waals surface area contributed by atoms with Gasteiger partial charge in [0.15, 0.2) is 0 Å². The lowest BCUT2D eigenvalue weighted by molar-refractivity contribution is -0.133. The summed E-state index contributed by atoms with van der Waals surface area (Å²) in [7, 11) is 0. The zero-order valence-corrected chi connectivity index (χ0v) is 11.6. The maximum Gasteiger partial charge on any atom is 0.224 e. The molecule has 1 aliphatic carbocycles. The molecule has 2 rings (SSSR count). The topological polar surface area (TPSA) is 46.3 Å². The first-order valence-electron chi connectivity index (χ1n) is 6.72. The Morgan fingerprint density at radius 1 is 1.35 bits per heavy atom. The van der Waals surface area contributed by atoms with Gasteiger partial charge in [-0.2, -0.15) is 11.8 Å². The van der Waals surface area contributed by atoms with Crippen LogP contribution < -0.4 is 5.73 Å². The smallest absolute Gasteiger partial charge is 0.224 e. The van der Waals surface area contributed by atoms with E-state index in [9.17, 15) is 4.79 Å². The predicted molar refractivity (Wildman–Crippen MR) is 73.1 cm³/mol. The molecule has 1 aliphatic heterocycles. The lowest BCUT2D eigenvalue weighted by Crippen LogP contribution is -2.50. The van der Waals surface area contributed by atoms with Gasteiger partial charge < -0.3 is 10.6 Å². The quantitative estimate of drug-likeness (QED) is 0.840. The van der Waals surface area contributed by atoms with Crippen LogP contribution in [0, 0.1) is 0 Å². The van der Waals surface area contributed by atoms with E-state index in [0.717, 1.165) is 44.0 Å². The van der Waals surface area contributed by atoms with Crippen LogP contribution in [-0.4, -0.2) is 40.9 Å². The van der Waals surface area contributed by atoms with E-state index in [2.05, 4.69) is 6.26 Å². The van der Waals surface area contributed by atoms with Crippen LogP contribution in [0.5, 0.6) is 0 Å². The maximum absolute atomic E-state index is 12.2. The van der Waals surface area contributed by atoms with Gasteiger partial charge in [-0.25, -0.2) is 0 Å². The molecule has 0 radical (unpaired) electrons. The van der Waals surface area contributed by atoms with E-state index in [4.69, 9.17) is 5.73 Å². The number of rotatable bonds is 3. The Morgan fingerprint density at radius 3 is 2.71 bits per heavy atom. The summed E-state index contributed by atoms with van der Waals surface area (Å²) in [6.45, 7) is 1.87. The molecule has 1 saturated carbocycles. The molecule has 0 aromatic rings. The molecule has 1 unspecified atom stereocenters. The van der Waals surface area contributed by atoms with Crippen LogP contribution in [0.2, 0.25) is 0 Å². The van der Waals surface area contributed by atoms with Crippen molar-refractivity contribution in [1.29, 1.82) is 0 Å². The first kappa shape index (κ1) is 13.2. The molecule has 98 valence electrons. The van der Waals surface area contributed by atoms with Crippen LogP contribution in [0.25, 0.3) is 0 Å². The summed E-state index contributed by atoms with van der Waals surface area (Å²) in [5.41, 5.74) is 5.99. The van der Waals surface area contributed by atoms with Crippen molar-refractivity contribution in [1.82, 2.24) is 4.90 Å². The monoisotopic (exact) mass is 256 g/mol. The molecule has 4 heteroatoms. The maximum atomic E-state index is 12.2. The highest BCUT2D eigenvalue weighted by Crippen LogP contribution is 2.33. The lowest BCUT2D eigenvalue weighted by atomic mass is 9.75. The van der Waals surface area contributed by atoms with E-state index >= 15 is 0 Å². The number of likely N-dealkylation sites (tertiary alicyclic amines) is 1. The third-order valence-electron chi connectivity index (χ3n) is 4.21. The highest BCUT2D eigenvalue weighted by atomic mass is 32.2. The van der Waals surface area contributed by atoms with Crippen LogP contribution in [0.1, 0.15) is 44.9 Å². The van der Waals surface area contributed by atoms with Crippen LogP contribution in [0.3, 0.4) is 0 Å². The molecule has 2 aliphatic rings. The Labute approximate surface area is 108 Å². The molecule has 0 aromatic heterocycles. The van der Waals surface area contributed by atoms with E-state index in [1.807, 2.05) is 16.7 Å². The van der Waals surface area contributed by atoms with E-state index < -0.39 is 0 Å². The zero-order valence-electron chi connectivity index (χ0n) is 10.8. The molecule has 2 fully saturated rings. The van der Waals surface area contributed by atoms with Gasteiger partial charge in [-0.05, 0) is 44.8 Å². The summed E-state index contributed by atoms with van der Waals surface area (Å²) in [5.74, 6) is 0.286. The number of carbonyl (C=O) groups excluding carboxylic acids is 1. The van der Waals surface area contributed by atoms with Crippen molar-refractivity contribution in [3.05, 3.63) is 0 Å². The number of amides is 1. The largest absolute Gasteiger partial charge is 0.343 e. The number of thioether (sulfide) groups is 1. The summed E-state index contributed by atoms with van der Waals surface area (Å²) >= 11 is 1.94. The molecule has 17 heavy (non-hydrogen) atoms. The fraction of sp³-hybridized carbons (Fsp3) is 0.923. The normalized spacial score (nSPS) is 28.4. The van der Waals surface area contributed by atoms with Crippen molar-refractivity contribution in [2.45, 2.75) is 55.7 Å². The zero-order chi connectivity index (χ0) is 12.3. The van der Waals surface area contributed by atoms with Crippen molar-refractivity contribution < 1.29 is 4.79 Å². The molecule has 0 bridgehead atoms. The van der Waals surface area contributed by atoms with Gasteiger partial charge in [-0.3, -0.25) is 4.79 Å². The van der Waals surface area contributed by atoms with Gasteiger partial charge >= 0.3 is 0 Å². The van der Waals surface area contributed by atoms with Gasteiger partial charge in [0.05, 0.1) is 0 Å². The summed E-state index contributed by atoms with van der Waals surface area (Å²) in [4.78, 5) is 14.2. The van der Waals surface area contributed by atoms with Crippen molar-refractivity contribution in [2.24, 2.45) is 5.73 Å². The Kier molecular flexibility index (Phi) is 4.36. The molecular formula is C13H24N2OS. The number of nitrogens with zero attached hydrogens (tertiary/aromatic N) is 1. The van der Waals surface area contributed by atoms with Gasteiger partial charge in [0.1, 0.15) is 0 Å². The number of carbonyl (C=O) groups is 1. The Balaban J connectivity index is 1.82. The molecular weight excluding hydrogens is 232 g/mol. The Morgan fingerprint density at radius 2 is 2.12 bits per heavy atom. The SMILES string of the molecule is CSC1CCCN(C(=O)CC2(N)CCC2)CC1. The van der Waals surface area contributed by atoms with Crippen LogP contribution >= 0.6 is 11.8 Å². The van der Waals surface area contributed by atoms with E-state index in [1.54, 1.807) is 0 Å². The Bertz CT molecular complexity index is 279. The molecule has 1 saturated heterocycles. The van der Waals surface area contributed by atoms with Crippen molar-refractivity contribution in [2.75, 3.05) is 19.3 Å². The average Bonchev–Trinajstić information content (AvgIpc) is 2.51. The van der Waals surface area contributed by atoms with Gasteiger partial charge in [0.2, 0.25) is 5.91 Å². The van der Waals surface area contributed by atoms with Gasteiger partial charge in [0.25, 0.3) is 0 Å². The highest BCUT2D eigenvalue weighted by molar-refractivity contribution is 7.99. The second-order valence-corrected chi connectivity index (χ2v) is 6.70. The van der Waals surface area contributed by atoms with Gasteiger partial charge in [-0.15, -0.1) is 0 Å². The standard InChI is InChI=1S/C13H24N2OS/c1-17-11-4-2-8-15(9-5-11)12(16)10-13(14)6-3-7-13/h11H,2-10,14H2,1H3. The summed E-state index contributed by atoms with van der Waals surface area (Å²) in [5, 5.41) is 0.739. The average molecular weight is 256 g/mol.